The maximum Gasteiger partial charge on any atom is 0.274 e. The summed E-state index contributed by atoms with van der Waals surface area (Å²) in [7, 11) is 0. The lowest BCUT2D eigenvalue weighted by Gasteiger charge is -2.19. The summed E-state index contributed by atoms with van der Waals surface area (Å²) in [4.78, 5) is 24.1. The fraction of sp³-hybridized carbons (Fsp3) is 0.154. The van der Waals surface area contributed by atoms with Crippen LogP contribution in [-0.4, -0.2) is 17.6 Å². The van der Waals surface area contributed by atoms with Crippen molar-refractivity contribution in [3.63, 3.8) is 0 Å². The molecule has 1 unspecified atom stereocenters. The smallest absolute Gasteiger partial charge is 0.274 e. The molecule has 34 heavy (non-hydrogen) atoms. The van der Waals surface area contributed by atoms with Gasteiger partial charge in [0.05, 0.1) is 17.4 Å². The van der Waals surface area contributed by atoms with Crippen LogP contribution >= 0.6 is 35.1 Å². The Bertz CT molecular complexity index is 1310. The van der Waals surface area contributed by atoms with Gasteiger partial charge in [-0.2, -0.15) is 0 Å². The Morgan fingerprint density at radius 1 is 1.03 bits per heavy atom. The molecule has 1 fully saturated rings. The van der Waals surface area contributed by atoms with E-state index in [2.05, 4.69) is 4.90 Å². The molecule has 0 spiro atoms. The van der Waals surface area contributed by atoms with E-state index in [1.807, 2.05) is 62.4 Å². The van der Waals surface area contributed by atoms with E-state index in [1.54, 1.807) is 28.8 Å². The molecule has 0 aromatic heterocycles. The zero-order valence-corrected chi connectivity index (χ0v) is 20.9. The molecule has 2 aliphatic rings. The van der Waals surface area contributed by atoms with E-state index in [4.69, 9.17) is 16.6 Å². The predicted molar refractivity (Wildman–Crippen MR) is 141 cm³/mol. The number of amidine groups is 1. The number of halogens is 2. The summed E-state index contributed by atoms with van der Waals surface area (Å²) in [5, 5.41) is 2.09. The maximum absolute atomic E-state index is 13.8. The second-order valence-electron chi connectivity index (χ2n) is 7.81. The average molecular weight is 510 g/mol. The second kappa shape index (κ2) is 9.49. The third kappa shape index (κ3) is 4.24. The standard InChI is InChI=1S/C26H21ClFN3OS2/c1-3-30-21-15-18(27)9-14-22(21)33-25(30)23-24(32)31(20-12-10-19(28)11-13-20)26(34-23)29-16(2)17-7-5-4-6-8-17/h4-16H,3H2,1-2H3. The normalized spacial score (nSPS) is 19.8. The second-order valence-corrected chi connectivity index (χ2v) is 10.3. The molecule has 4 nitrogen and oxygen atoms in total. The molecule has 3 aromatic carbocycles. The Balaban J connectivity index is 1.60. The van der Waals surface area contributed by atoms with Crippen LogP contribution in [0.5, 0.6) is 0 Å². The number of rotatable bonds is 4. The van der Waals surface area contributed by atoms with E-state index in [0.717, 1.165) is 21.2 Å². The Labute approximate surface area is 211 Å². The molecule has 0 aliphatic carbocycles. The zero-order chi connectivity index (χ0) is 23.8. The average Bonchev–Trinajstić information content (AvgIpc) is 3.36. The first kappa shape index (κ1) is 23.0. The summed E-state index contributed by atoms with van der Waals surface area (Å²) in [6, 6.07) is 21.5. The highest BCUT2D eigenvalue weighted by atomic mass is 35.5. The Hall–Kier alpha value is -2.74. The quantitative estimate of drug-likeness (QED) is 0.341. The van der Waals surface area contributed by atoms with E-state index >= 15 is 0 Å². The lowest BCUT2D eigenvalue weighted by atomic mass is 10.1. The van der Waals surface area contributed by atoms with Crippen molar-refractivity contribution in [2.24, 2.45) is 4.99 Å². The summed E-state index contributed by atoms with van der Waals surface area (Å²) in [5.74, 6) is -0.524. The van der Waals surface area contributed by atoms with Crippen LogP contribution in [0.1, 0.15) is 25.5 Å². The molecule has 0 radical (unpaired) electrons. The largest absolute Gasteiger partial charge is 0.334 e. The van der Waals surface area contributed by atoms with Crippen LogP contribution in [-0.2, 0) is 4.79 Å². The molecule has 0 N–H and O–H groups in total. The number of aliphatic imine (C=N–C) groups is 1. The van der Waals surface area contributed by atoms with Gasteiger partial charge in [0, 0.05) is 16.5 Å². The van der Waals surface area contributed by atoms with Crippen molar-refractivity contribution in [1.82, 2.24) is 0 Å². The highest BCUT2D eigenvalue weighted by Gasteiger charge is 2.40. The van der Waals surface area contributed by atoms with Crippen LogP contribution in [0.2, 0.25) is 5.02 Å². The van der Waals surface area contributed by atoms with Gasteiger partial charge in [-0.1, -0.05) is 53.7 Å². The number of carbonyl (C=O) groups excluding carboxylic acids is 1. The molecule has 172 valence electrons. The summed E-state index contributed by atoms with van der Waals surface area (Å²) >= 11 is 9.17. The first-order valence-electron chi connectivity index (χ1n) is 10.9. The SMILES string of the molecule is CCN1C(=C2SC(=NC(C)c3ccccc3)N(c3ccc(F)cc3)C2=O)Sc2ccc(Cl)cc21. The third-order valence-electron chi connectivity index (χ3n) is 5.63. The summed E-state index contributed by atoms with van der Waals surface area (Å²) in [6.07, 6.45) is 0. The zero-order valence-electron chi connectivity index (χ0n) is 18.5. The number of fused-ring (bicyclic) bond motifs is 1. The summed E-state index contributed by atoms with van der Waals surface area (Å²) in [5.41, 5.74) is 2.63. The van der Waals surface area contributed by atoms with Crippen molar-refractivity contribution in [3.8, 4) is 0 Å². The highest BCUT2D eigenvalue weighted by Crippen LogP contribution is 2.51. The number of nitrogens with zero attached hydrogens (tertiary/aromatic N) is 3. The van der Waals surface area contributed by atoms with Crippen LogP contribution in [0, 0.1) is 5.82 Å². The molecule has 8 heteroatoms. The van der Waals surface area contributed by atoms with Crippen molar-refractivity contribution < 1.29 is 9.18 Å². The van der Waals surface area contributed by atoms with Gasteiger partial charge in [0.15, 0.2) is 5.17 Å². The molecule has 1 saturated heterocycles. The molecule has 1 amide bonds. The van der Waals surface area contributed by atoms with E-state index in [1.165, 1.54) is 23.9 Å². The maximum atomic E-state index is 13.8. The number of anilines is 2. The Kier molecular flexibility index (Phi) is 6.42. The van der Waals surface area contributed by atoms with Crippen molar-refractivity contribution in [1.29, 1.82) is 0 Å². The number of carbonyl (C=O) groups is 1. The van der Waals surface area contributed by atoms with Crippen LogP contribution in [0.25, 0.3) is 0 Å². The van der Waals surface area contributed by atoms with E-state index in [0.29, 0.717) is 27.3 Å². The van der Waals surface area contributed by atoms with Gasteiger partial charge in [0.25, 0.3) is 5.91 Å². The van der Waals surface area contributed by atoms with Crippen molar-refractivity contribution in [2.75, 3.05) is 16.3 Å². The number of benzene rings is 3. The van der Waals surface area contributed by atoms with Crippen LogP contribution < -0.4 is 9.80 Å². The fourth-order valence-electron chi connectivity index (χ4n) is 3.92. The first-order valence-corrected chi connectivity index (χ1v) is 12.9. The number of thioether (sulfide) groups is 2. The minimum Gasteiger partial charge on any atom is -0.334 e. The van der Waals surface area contributed by atoms with Gasteiger partial charge in [0.2, 0.25) is 0 Å². The molecule has 3 aromatic rings. The summed E-state index contributed by atoms with van der Waals surface area (Å²) in [6.45, 7) is 4.74. The lowest BCUT2D eigenvalue weighted by Crippen LogP contribution is -2.30. The van der Waals surface area contributed by atoms with Gasteiger partial charge in [-0.15, -0.1) is 0 Å². The molecule has 1 atom stereocenters. The Morgan fingerprint density at radius 3 is 2.47 bits per heavy atom. The van der Waals surface area contributed by atoms with Crippen molar-refractivity contribution >= 4 is 57.6 Å². The monoisotopic (exact) mass is 509 g/mol. The molecule has 0 saturated carbocycles. The molecule has 5 rings (SSSR count). The van der Waals surface area contributed by atoms with Crippen molar-refractivity contribution in [2.45, 2.75) is 24.8 Å². The number of amides is 1. The van der Waals surface area contributed by atoms with Gasteiger partial charge < -0.3 is 4.90 Å². The van der Waals surface area contributed by atoms with Gasteiger partial charge in [-0.3, -0.25) is 14.7 Å². The molecular weight excluding hydrogens is 489 g/mol. The van der Waals surface area contributed by atoms with Crippen LogP contribution in [0.4, 0.5) is 15.8 Å². The fourth-order valence-corrected chi connectivity index (χ4v) is 6.52. The molecule has 0 bridgehead atoms. The van der Waals surface area contributed by atoms with Gasteiger partial charge in [0.1, 0.15) is 15.8 Å². The van der Waals surface area contributed by atoms with E-state index in [9.17, 15) is 9.18 Å². The molecule has 2 aliphatic heterocycles. The highest BCUT2D eigenvalue weighted by molar-refractivity contribution is 8.20. The number of hydrogen-bond donors (Lipinski definition) is 0. The van der Waals surface area contributed by atoms with E-state index in [-0.39, 0.29) is 17.8 Å². The first-order chi connectivity index (χ1) is 16.5. The minimum atomic E-state index is -0.353. The van der Waals surface area contributed by atoms with Crippen LogP contribution in [0.3, 0.4) is 0 Å². The number of hydrogen-bond acceptors (Lipinski definition) is 5. The van der Waals surface area contributed by atoms with Gasteiger partial charge >= 0.3 is 0 Å². The topological polar surface area (TPSA) is 35.9 Å². The van der Waals surface area contributed by atoms with Gasteiger partial charge in [-0.05, 0) is 73.6 Å². The summed E-state index contributed by atoms with van der Waals surface area (Å²) < 4.78 is 13.6. The van der Waals surface area contributed by atoms with Crippen LogP contribution in [0.15, 0.2) is 92.6 Å². The lowest BCUT2D eigenvalue weighted by molar-refractivity contribution is -0.113. The third-order valence-corrected chi connectivity index (χ3v) is 8.22. The molecular formula is C26H21ClFN3OS2. The van der Waals surface area contributed by atoms with Gasteiger partial charge in [-0.25, -0.2) is 4.39 Å². The molecule has 2 heterocycles. The van der Waals surface area contributed by atoms with E-state index < -0.39 is 0 Å². The minimum absolute atomic E-state index is 0.154. The van der Waals surface area contributed by atoms with Crippen molar-refractivity contribution in [3.05, 3.63) is 99.1 Å². The Morgan fingerprint density at radius 2 is 1.76 bits per heavy atom. The predicted octanol–water partition coefficient (Wildman–Crippen LogP) is 7.48.